The molecule has 1 aliphatic rings. The van der Waals surface area contributed by atoms with Crippen LogP contribution < -0.4 is 10.2 Å². The van der Waals surface area contributed by atoms with Crippen molar-refractivity contribution in [2.45, 2.75) is 17.5 Å². The molecule has 0 aliphatic carbocycles. The van der Waals surface area contributed by atoms with E-state index in [0.717, 1.165) is 4.90 Å². The summed E-state index contributed by atoms with van der Waals surface area (Å²) in [6.07, 6.45) is -0.813. The molecule has 1 fully saturated rings. The van der Waals surface area contributed by atoms with Crippen molar-refractivity contribution < 1.29 is 41.5 Å². The minimum absolute atomic E-state index is 0.0575. The topological polar surface area (TPSA) is 125 Å². The molecule has 2 amide bonds. The van der Waals surface area contributed by atoms with E-state index in [-0.39, 0.29) is 18.9 Å². The molecule has 10 nitrogen and oxygen atoms in total. The summed E-state index contributed by atoms with van der Waals surface area (Å²) >= 11 is 5.79. The van der Waals surface area contributed by atoms with E-state index in [4.69, 9.17) is 21.1 Å². The Balaban J connectivity index is 1.53. The van der Waals surface area contributed by atoms with Crippen molar-refractivity contribution in [3.63, 3.8) is 0 Å². The van der Waals surface area contributed by atoms with Crippen molar-refractivity contribution in [1.82, 2.24) is 14.7 Å². The summed E-state index contributed by atoms with van der Waals surface area (Å²) in [6, 6.07) is 13.9. The molecule has 1 atom stereocenters. The van der Waals surface area contributed by atoms with Gasteiger partial charge in [0.25, 0.3) is 5.91 Å². The smallest absolute Gasteiger partial charge is 0.410 e. The number of hydroxylamine groups is 1. The number of rotatable bonds is 7. The van der Waals surface area contributed by atoms with Gasteiger partial charge in [-0.3, -0.25) is 10.0 Å². The van der Waals surface area contributed by atoms with Crippen molar-refractivity contribution in [2.24, 2.45) is 0 Å². The van der Waals surface area contributed by atoms with E-state index < -0.39 is 63.4 Å². The third kappa shape index (κ3) is 6.45. The summed E-state index contributed by atoms with van der Waals surface area (Å²) < 4.78 is 67.5. The van der Waals surface area contributed by atoms with Gasteiger partial charge in [0.2, 0.25) is 10.0 Å². The van der Waals surface area contributed by atoms with Gasteiger partial charge in [-0.15, -0.1) is 0 Å². The largest absolute Gasteiger partial charge is 0.451 e. The zero-order valence-corrected chi connectivity index (χ0v) is 21.7. The second-order valence-corrected chi connectivity index (χ2v) is 10.7. The van der Waals surface area contributed by atoms with Gasteiger partial charge in [-0.1, -0.05) is 41.9 Å². The maximum Gasteiger partial charge on any atom is 0.410 e. The van der Waals surface area contributed by atoms with Crippen LogP contribution in [0.3, 0.4) is 0 Å². The Hall–Kier alpha value is -3.78. The minimum atomic E-state index is -4.68. The predicted molar refractivity (Wildman–Crippen MR) is 134 cm³/mol. The van der Waals surface area contributed by atoms with E-state index in [9.17, 15) is 32.0 Å². The van der Waals surface area contributed by atoms with E-state index in [0.29, 0.717) is 27.0 Å². The Morgan fingerprint density at radius 2 is 1.67 bits per heavy atom. The number of nitrogens with zero attached hydrogens (tertiary/aromatic N) is 2. The lowest BCUT2D eigenvalue weighted by Gasteiger charge is -2.38. The van der Waals surface area contributed by atoms with E-state index in [2.05, 4.69) is 0 Å². The molecule has 3 aromatic rings. The zero-order chi connectivity index (χ0) is 28.2. The van der Waals surface area contributed by atoms with Gasteiger partial charge >= 0.3 is 6.09 Å². The molecule has 1 heterocycles. The van der Waals surface area contributed by atoms with Crippen LogP contribution in [0.15, 0.2) is 71.6 Å². The first kappa shape index (κ1) is 28.2. The SMILES string of the molecule is O=C(NO)[C@H]1CN(C(=O)OCc2ccccc2)CCN1S(=O)(=O)c1cc(F)c(Oc2ccc(Cl)cc2)c(F)c1. The van der Waals surface area contributed by atoms with Crippen molar-refractivity contribution in [3.8, 4) is 11.5 Å². The van der Waals surface area contributed by atoms with Crippen LogP contribution in [0, 0.1) is 11.6 Å². The molecule has 1 aliphatic heterocycles. The highest BCUT2D eigenvalue weighted by Gasteiger charge is 2.42. The van der Waals surface area contributed by atoms with Crippen LogP contribution >= 0.6 is 11.6 Å². The molecule has 4 rings (SSSR count). The van der Waals surface area contributed by atoms with Crippen molar-refractivity contribution in [1.29, 1.82) is 0 Å². The summed E-state index contributed by atoms with van der Waals surface area (Å²) in [4.78, 5) is 25.3. The molecule has 1 saturated heterocycles. The third-order valence-electron chi connectivity index (χ3n) is 5.82. The summed E-state index contributed by atoms with van der Waals surface area (Å²) in [5.74, 6) is -4.55. The molecule has 0 radical (unpaired) electrons. The van der Waals surface area contributed by atoms with Crippen LogP contribution in [0.1, 0.15) is 5.56 Å². The number of piperazine rings is 1. The summed E-state index contributed by atoms with van der Waals surface area (Å²) in [6.45, 7) is -1.15. The van der Waals surface area contributed by atoms with Crippen LogP contribution in [-0.4, -0.2) is 60.5 Å². The molecule has 0 bridgehead atoms. The van der Waals surface area contributed by atoms with Crippen molar-refractivity contribution in [2.75, 3.05) is 19.6 Å². The average Bonchev–Trinajstić information content (AvgIpc) is 2.94. The number of nitrogens with one attached hydrogen (secondary N) is 1. The number of hydrogen-bond donors (Lipinski definition) is 2. The Labute approximate surface area is 227 Å². The maximum atomic E-state index is 14.8. The fourth-order valence-electron chi connectivity index (χ4n) is 3.86. The van der Waals surface area contributed by atoms with Crippen molar-refractivity contribution in [3.05, 3.63) is 89.0 Å². The number of amides is 2. The average molecular weight is 582 g/mol. The Morgan fingerprint density at radius 1 is 1.03 bits per heavy atom. The number of ether oxygens (including phenoxy) is 2. The first-order valence-corrected chi connectivity index (χ1v) is 13.3. The highest BCUT2D eigenvalue weighted by molar-refractivity contribution is 7.89. The van der Waals surface area contributed by atoms with Gasteiger partial charge < -0.3 is 14.4 Å². The van der Waals surface area contributed by atoms with Gasteiger partial charge in [-0.2, -0.15) is 4.31 Å². The number of carbonyl (C=O) groups is 2. The number of halogens is 3. The predicted octanol–water partition coefficient (Wildman–Crippen LogP) is 3.93. The molecule has 14 heteroatoms. The lowest BCUT2D eigenvalue weighted by Crippen LogP contribution is -2.61. The first-order valence-electron chi connectivity index (χ1n) is 11.4. The molecular weight excluding hydrogens is 560 g/mol. The molecule has 3 aromatic carbocycles. The van der Waals surface area contributed by atoms with Crippen LogP contribution in [0.25, 0.3) is 0 Å². The monoisotopic (exact) mass is 581 g/mol. The van der Waals surface area contributed by atoms with Gasteiger partial charge in [0.05, 0.1) is 4.90 Å². The van der Waals surface area contributed by atoms with Crippen LogP contribution in [-0.2, 0) is 26.2 Å². The number of benzene rings is 3. The van der Waals surface area contributed by atoms with E-state index in [1.165, 1.54) is 29.7 Å². The lowest BCUT2D eigenvalue weighted by molar-refractivity contribution is -0.134. The molecular formula is C25H22ClF2N3O7S. The van der Waals surface area contributed by atoms with Gasteiger partial charge in [0.15, 0.2) is 17.4 Å². The van der Waals surface area contributed by atoms with Crippen LogP contribution in [0.2, 0.25) is 5.02 Å². The van der Waals surface area contributed by atoms with E-state index in [1.807, 2.05) is 0 Å². The fraction of sp³-hybridized carbons (Fsp3) is 0.200. The van der Waals surface area contributed by atoms with Gasteiger partial charge in [0, 0.05) is 24.7 Å². The normalized spacial score (nSPS) is 16.0. The number of sulfonamides is 1. The van der Waals surface area contributed by atoms with Crippen molar-refractivity contribution >= 4 is 33.6 Å². The quantitative estimate of drug-likeness (QED) is 0.320. The van der Waals surface area contributed by atoms with E-state index >= 15 is 0 Å². The molecule has 2 N–H and O–H groups in total. The summed E-state index contributed by atoms with van der Waals surface area (Å²) in [5.41, 5.74) is 2.08. The first-order chi connectivity index (χ1) is 18.6. The van der Waals surface area contributed by atoms with Gasteiger partial charge in [0.1, 0.15) is 18.4 Å². The zero-order valence-electron chi connectivity index (χ0n) is 20.1. The molecule has 0 spiro atoms. The summed E-state index contributed by atoms with van der Waals surface area (Å²) in [7, 11) is -4.68. The number of carbonyl (C=O) groups excluding carboxylic acids is 2. The van der Waals surface area contributed by atoms with Crippen LogP contribution in [0.4, 0.5) is 13.6 Å². The fourth-order valence-corrected chi connectivity index (χ4v) is 5.58. The van der Waals surface area contributed by atoms with Crippen LogP contribution in [0.5, 0.6) is 11.5 Å². The Bertz CT molecular complexity index is 1440. The summed E-state index contributed by atoms with van der Waals surface area (Å²) in [5, 5.41) is 9.57. The highest BCUT2D eigenvalue weighted by atomic mass is 35.5. The highest BCUT2D eigenvalue weighted by Crippen LogP contribution is 2.32. The van der Waals surface area contributed by atoms with Gasteiger partial charge in [-0.25, -0.2) is 27.5 Å². The second-order valence-electron chi connectivity index (χ2n) is 8.37. The third-order valence-corrected chi connectivity index (χ3v) is 7.96. The lowest BCUT2D eigenvalue weighted by atomic mass is 10.2. The number of hydrogen-bond acceptors (Lipinski definition) is 7. The molecule has 0 aromatic heterocycles. The molecule has 39 heavy (non-hydrogen) atoms. The molecule has 206 valence electrons. The standard InChI is InChI=1S/C25H22ClF2N3O7S/c26-17-6-8-18(9-7-17)38-23-20(27)12-19(13-21(23)28)39(35,36)31-11-10-30(14-22(31)24(32)29-34)25(33)37-15-16-4-2-1-3-5-16/h1-9,12-13,22,34H,10-11,14-15H2,(H,29,32)/t22-/m1/s1. The maximum absolute atomic E-state index is 14.8. The Morgan fingerprint density at radius 3 is 2.28 bits per heavy atom. The minimum Gasteiger partial charge on any atom is -0.451 e. The van der Waals surface area contributed by atoms with E-state index in [1.54, 1.807) is 30.3 Å². The molecule has 0 saturated carbocycles. The van der Waals surface area contributed by atoms with Gasteiger partial charge in [-0.05, 0) is 42.0 Å². The second kappa shape index (κ2) is 11.9. The Kier molecular flexibility index (Phi) is 8.65. The molecule has 0 unspecified atom stereocenters.